The first-order valence-electron chi connectivity index (χ1n) is 5.92. The molecular weight excluding hydrogens is 384 g/mol. The largest absolute Gasteiger partial charge is 0.398 e. The van der Waals surface area contributed by atoms with Gasteiger partial charge in [0.1, 0.15) is 0 Å². The molecule has 0 amide bonds. The van der Waals surface area contributed by atoms with Crippen molar-refractivity contribution in [1.82, 2.24) is 4.98 Å². The smallest absolute Gasteiger partial charge is 0.195 e. The third-order valence-electron chi connectivity index (χ3n) is 3.15. The zero-order valence-electron chi connectivity index (χ0n) is 10.3. The molecule has 0 spiro atoms. The van der Waals surface area contributed by atoms with Gasteiger partial charge in [-0.2, -0.15) is 0 Å². The SMILES string of the molecule is Nc1cc(C(=O)c2c[nH]c3cc(Br)ccc23)ccc1Br. The van der Waals surface area contributed by atoms with E-state index in [1.165, 1.54) is 0 Å². The third-order valence-corrected chi connectivity index (χ3v) is 4.36. The molecule has 0 aliphatic rings. The van der Waals surface area contributed by atoms with Crippen LogP contribution in [0.25, 0.3) is 10.9 Å². The van der Waals surface area contributed by atoms with Gasteiger partial charge in [-0.3, -0.25) is 4.79 Å². The maximum absolute atomic E-state index is 12.6. The minimum Gasteiger partial charge on any atom is -0.398 e. The number of aromatic amines is 1. The van der Waals surface area contributed by atoms with Crippen LogP contribution in [0.5, 0.6) is 0 Å². The average molecular weight is 394 g/mol. The number of halogens is 2. The summed E-state index contributed by atoms with van der Waals surface area (Å²) in [5.74, 6) is -0.0437. The Bertz CT molecular complexity index is 824. The molecule has 0 unspecified atom stereocenters. The van der Waals surface area contributed by atoms with Gasteiger partial charge in [-0.25, -0.2) is 0 Å². The van der Waals surface area contributed by atoms with Crippen LogP contribution in [-0.2, 0) is 0 Å². The first-order chi connectivity index (χ1) is 9.56. The molecule has 3 nitrogen and oxygen atoms in total. The summed E-state index contributed by atoms with van der Waals surface area (Å²) < 4.78 is 1.76. The highest BCUT2D eigenvalue weighted by atomic mass is 79.9. The molecule has 20 heavy (non-hydrogen) atoms. The summed E-state index contributed by atoms with van der Waals surface area (Å²) in [6.45, 7) is 0. The molecule has 0 fully saturated rings. The molecule has 0 atom stereocenters. The predicted octanol–water partition coefficient (Wildman–Crippen LogP) is 4.51. The van der Waals surface area contributed by atoms with Gasteiger partial charge in [-0.05, 0) is 46.3 Å². The van der Waals surface area contributed by atoms with Crippen LogP contribution < -0.4 is 5.73 Å². The number of ketones is 1. The molecule has 3 aromatic rings. The molecule has 3 rings (SSSR count). The summed E-state index contributed by atoms with van der Waals surface area (Å²) in [5.41, 5.74) is 8.53. The summed E-state index contributed by atoms with van der Waals surface area (Å²) >= 11 is 6.74. The van der Waals surface area contributed by atoms with E-state index >= 15 is 0 Å². The second-order valence-electron chi connectivity index (χ2n) is 4.46. The summed E-state index contributed by atoms with van der Waals surface area (Å²) in [4.78, 5) is 15.7. The third kappa shape index (κ3) is 2.27. The van der Waals surface area contributed by atoms with Crippen LogP contribution in [0.2, 0.25) is 0 Å². The van der Waals surface area contributed by atoms with Gasteiger partial charge in [-0.1, -0.05) is 22.0 Å². The number of rotatable bonds is 2. The van der Waals surface area contributed by atoms with E-state index in [1.807, 2.05) is 18.2 Å². The number of nitrogens with one attached hydrogen (secondary N) is 1. The van der Waals surface area contributed by atoms with Crippen molar-refractivity contribution in [3.63, 3.8) is 0 Å². The number of H-pyrrole nitrogens is 1. The van der Waals surface area contributed by atoms with Gasteiger partial charge in [0, 0.05) is 42.9 Å². The summed E-state index contributed by atoms with van der Waals surface area (Å²) in [6.07, 6.45) is 1.73. The van der Waals surface area contributed by atoms with Crippen LogP contribution in [0.1, 0.15) is 15.9 Å². The van der Waals surface area contributed by atoms with E-state index in [4.69, 9.17) is 5.73 Å². The molecule has 2 aromatic carbocycles. The highest BCUT2D eigenvalue weighted by Crippen LogP contribution is 2.26. The quantitative estimate of drug-likeness (QED) is 0.497. The van der Waals surface area contributed by atoms with Crippen molar-refractivity contribution in [2.45, 2.75) is 0 Å². The Morgan fingerprint density at radius 3 is 2.65 bits per heavy atom. The Kier molecular flexibility index (Phi) is 3.40. The maximum Gasteiger partial charge on any atom is 0.195 e. The number of aromatic nitrogens is 1. The molecule has 5 heteroatoms. The lowest BCUT2D eigenvalue weighted by Crippen LogP contribution is -2.01. The summed E-state index contributed by atoms with van der Waals surface area (Å²) in [5, 5.41) is 0.902. The summed E-state index contributed by atoms with van der Waals surface area (Å²) in [7, 11) is 0. The van der Waals surface area contributed by atoms with E-state index in [0.717, 1.165) is 19.8 Å². The van der Waals surface area contributed by atoms with Gasteiger partial charge in [0.05, 0.1) is 0 Å². The van der Waals surface area contributed by atoms with E-state index in [0.29, 0.717) is 16.8 Å². The lowest BCUT2D eigenvalue weighted by Gasteiger charge is -2.03. The highest BCUT2D eigenvalue weighted by Gasteiger charge is 2.15. The number of anilines is 1. The maximum atomic E-state index is 12.6. The van der Waals surface area contributed by atoms with Crippen LogP contribution in [-0.4, -0.2) is 10.8 Å². The van der Waals surface area contributed by atoms with Crippen molar-refractivity contribution in [3.8, 4) is 0 Å². The van der Waals surface area contributed by atoms with E-state index < -0.39 is 0 Å². The Morgan fingerprint density at radius 1 is 1.10 bits per heavy atom. The van der Waals surface area contributed by atoms with Crippen LogP contribution in [0.15, 0.2) is 51.5 Å². The standard InChI is InChI=1S/C15H10Br2N2O/c16-9-2-3-10-11(7-19-14(10)6-9)15(20)8-1-4-12(17)13(18)5-8/h1-7,19H,18H2. The first kappa shape index (κ1) is 13.4. The number of nitrogens with two attached hydrogens (primary N) is 1. The number of hydrogen-bond acceptors (Lipinski definition) is 2. The van der Waals surface area contributed by atoms with Crippen molar-refractivity contribution >= 4 is 54.2 Å². The monoisotopic (exact) mass is 392 g/mol. The normalized spacial score (nSPS) is 10.9. The van der Waals surface area contributed by atoms with Crippen molar-refractivity contribution in [2.24, 2.45) is 0 Å². The van der Waals surface area contributed by atoms with Crippen LogP contribution in [0, 0.1) is 0 Å². The van der Waals surface area contributed by atoms with Gasteiger partial charge >= 0.3 is 0 Å². The van der Waals surface area contributed by atoms with Crippen LogP contribution in [0.4, 0.5) is 5.69 Å². The predicted molar refractivity (Wildman–Crippen MR) is 88.0 cm³/mol. The average Bonchev–Trinajstić information content (AvgIpc) is 2.84. The van der Waals surface area contributed by atoms with Crippen molar-refractivity contribution in [3.05, 3.63) is 62.7 Å². The molecule has 1 aromatic heterocycles. The van der Waals surface area contributed by atoms with E-state index in [9.17, 15) is 4.79 Å². The number of nitrogen functional groups attached to an aromatic ring is 1. The lowest BCUT2D eigenvalue weighted by molar-refractivity contribution is 0.104. The second-order valence-corrected chi connectivity index (χ2v) is 6.23. The van der Waals surface area contributed by atoms with Gasteiger partial charge in [-0.15, -0.1) is 0 Å². The van der Waals surface area contributed by atoms with Gasteiger partial charge < -0.3 is 10.7 Å². The van der Waals surface area contributed by atoms with Crippen LogP contribution in [0.3, 0.4) is 0 Å². The number of fused-ring (bicyclic) bond motifs is 1. The van der Waals surface area contributed by atoms with Gasteiger partial charge in [0.15, 0.2) is 5.78 Å². The van der Waals surface area contributed by atoms with Crippen molar-refractivity contribution in [2.75, 3.05) is 5.73 Å². The summed E-state index contributed by atoms with van der Waals surface area (Å²) in [6, 6.07) is 11.0. The van der Waals surface area contributed by atoms with E-state index in [-0.39, 0.29) is 5.78 Å². The Morgan fingerprint density at radius 2 is 1.90 bits per heavy atom. The lowest BCUT2D eigenvalue weighted by atomic mass is 10.0. The molecule has 0 radical (unpaired) electrons. The number of benzene rings is 2. The highest BCUT2D eigenvalue weighted by molar-refractivity contribution is 9.10. The second kappa shape index (κ2) is 5.07. The Hall–Kier alpha value is -1.59. The fourth-order valence-corrected chi connectivity index (χ4v) is 2.73. The minimum absolute atomic E-state index is 0.0437. The first-order valence-corrected chi connectivity index (χ1v) is 7.51. The van der Waals surface area contributed by atoms with Crippen LogP contribution >= 0.6 is 31.9 Å². The van der Waals surface area contributed by atoms with E-state index in [2.05, 4.69) is 36.8 Å². The molecule has 0 bridgehead atoms. The van der Waals surface area contributed by atoms with Gasteiger partial charge in [0.25, 0.3) is 0 Å². The fourth-order valence-electron chi connectivity index (χ4n) is 2.13. The van der Waals surface area contributed by atoms with E-state index in [1.54, 1.807) is 24.4 Å². The van der Waals surface area contributed by atoms with Gasteiger partial charge in [0.2, 0.25) is 0 Å². The minimum atomic E-state index is -0.0437. The molecule has 0 aliphatic carbocycles. The number of hydrogen-bond donors (Lipinski definition) is 2. The zero-order chi connectivity index (χ0) is 14.3. The molecule has 0 saturated heterocycles. The molecular formula is C15H10Br2N2O. The number of carbonyl (C=O) groups is 1. The zero-order valence-corrected chi connectivity index (χ0v) is 13.5. The fraction of sp³-hybridized carbons (Fsp3) is 0. The topological polar surface area (TPSA) is 58.9 Å². The van der Waals surface area contributed by atoms with Crippen molar-refractivity contribution < 1.29 is 4.79 Å². The molecule has 0 saturated carbocycles. The molecule has 0 aliphatic heterocycles. The molecule has 100 valence electrons. The van der Waals surface area contributed by atoms with Crippen molar-refractivity contribution in [1.29, 1.82) is 0 Å². The number of carbonyl (C=O) groups excluding carboxylic acids is 1. The Labute approximate surface area is 132 Å². The molecule has 3 N–H and O–H groups in total. The Balaban J connectivity index is 2.10. The molecule has 1 heterocycles.